The van der Waals surface area contributed by atoms with Crippen LogP contribution in [0.3, 0.4) is 0 Å². The normalized spacial score (nSPS) is 29.7. The first kappa shape index (κ1) is 25.8. The predicted molar refractivity (Wildman–Crippen MR) is 136 cm³/mol. The monoisotopic (exact) mass is 500 g/mol. The van der Waals surface area contributed by atoms with Gasteiger partial charge >= 0.3 is 5.97 Å². The number of likely N-dealkylation sites (tertiary alicyclic amines) is 1. The maximum atomic E-state index is 14.2. The van der Waals surface area contributed by atoms with Crippen LogP contribution in [0.2, 0.25) is 0 Å². The van der Waals surface area contributed by atoms with Crippen molar-refractivity contribution >= 4 is 29.5 Å². The molecule has 4 rings (SSSR count). The third-order valence-corrected chi connectivity index (χ3v) is 9.62. The highest BCUT2D eigenvalue weighted by atomic mass is 32.2. The van der Waals surface area contributed by atoms with E-state index >= 15 is 0 Å². The molecule has 7 nitrogen and oxygen atoms in total. The lowest BCUT2D eigenvalue weighted by Crippen LogP contribution is -2.55. The minimum atomic E-state index is -0.761. The van der Waals surface area contributed by atoms with Crippen LogP contribution in [0.25, 0.3) is 0 Å². The summed E-state index contributed by atoms with van der Waals surface area (Å²) in [6.45, 7) is 8.59. The van der Waals surface area contributed by atoms with Crippen LogP contribution in [0.15, 0.2) is 43.0 Å². The number of rotatable bonds is 11. The Balaban J connectivity index is 1.81. The molecular formula is C27H36N2O5S. The first-order valence-electron chi connectivity index (χ1n) is 12.7. The molecule has 35 heavy (non-hydrogen) atoms. The number of aliphatic hydroxyl groups excluding tert-OH is 1. The second-order valence-electron chi connectivity index (χ2n) is 9.59. The molecule has 3 heterocycles. The molecule has 2 unspecified atom stereocenters. The Morgan fingerprint density at radius 1 is 1.34 bits per heavy atom. The molecular weight excluding hydrogens is 464 g/mol. The Morgan fingerprint density at radius 2 is 2.09 bits per heavy atom. The summed E-state index contributed by atoms with van der Waals surface area (Å²) in [5.41, 5.74) is 0.772. The number of unbranched alkanes of at least 4 members (excludes halogenated alkanes) is 1. The van der Waals surface area contributed by atoms with Gasteiger partial charge in [-0.15, -0.1) is 18.3 Å². The van der Waals surface area contributed by atoms with Gasteiger partial charge in [0.15, 0.2) is 0 Å². The summed E-state index contributed by atoms with van der Waals surface area (Å²) >= 11 is 1.62. The van der Waals surface area contributed by atoms with Crippen molar-refractivity contribution in [1.82, 2.24) is 9.80 Å². The largest absolute Gasteiger partial charge is 0.466 e. The van der Waals surface area contributed by atoms with Crippen LogP contribution in [0.5, 0.6) is 0 Å². The van der Waals surface area contributed by atoms with Gasteiger partial charge in [0.1, 0.15) is 6.04 Å². The number of amides is 2. The van der Waals surface area contributed by atoms with E-state index in [2.05, 4.69) is 13.5 Å². The molecule has 1 aromatic carbocycles. The zero-order chi connectivity index (χ0) is 25.2. The number of fused-ring (bicyclic) bond motifs is 1. The number of ether oxygens (including phenoxy) is 1. The van der Waals surface area contributed by atoms with Gasteiger partial charge in [0.2, 0.25) is 11.8 Å². The van der Waals surface area contributed by atoms with Gasteiger partial charge in [-0.2, -0.15) is 0 Å². The maximum Gasteiger partial charge on any atom is 0.310 e. The predicted octanol–water partition coefficient (Wildman–Crippen LogP) is 3.19. The van der Waals surface area contributed by atoms with Crippen molar-refractivity contribution in [3.63, 3.8) is 0 Å². The van der Waals surface area contributed by atoms with E-state index < -0.39 is 28.7 Å². The van der Waals surface area contributed by atoms with Crippen molar-refractivity contribution in [2.45, 2.75) is 61.6 Å². The van der Waals surface area contributed by atoms with E-state index in [1.807, 2.05) is 30.3 Å². The first-order valence-corrected chi connectivity index (χ1v) is 13.5. The second kappa shape index (κ2) is 10.7. The molecule has 190 valence electrons. The minimum absolute atomic E-state index is 0.0340. The average Bonchev–Trinajstić information content (AvgIpc) is 3.50. The summed E-state index contributed by atoms with van der Waals surface area (Å²) in [7, 11) is 0. The molecule has 3 fully saturated rings. The van der Waals surface area contributed by atoms with Crippen LogP contribution in [-0.2, 0) is 19.1 Å². The summed E-state index contributed by atoms with van der Waals surface area (Å²) < 4.78 is 4.69. The smallest absolute Gasteiger partial charge is 0.310 e. The highest BCUT2D eigenvalue weighted by Gasteiger charge is 2.74. The third kappa shape index (κ3) is 4.29. The van der Waals surface area contributed by atoms with Gasteiger partial charge in [0.25, 0.3) is 0 Å². The van der Waals surface area contributed by atoms with E-state index in [1.54, 1.807) is 34.6 Å². The molecule has 8 heteroatoms. The molecule has 6 atom stereocenters. The van der Waals surface area contributed by atoms with Crippen molar-refractivity contribution in [2.24, 2.45) is 11.8 Å². The third-order valence-electron chi connectivity index (χ3n) is 7.67. The fraction of sp³-hybridized carbons (Fsp3) is 0.593. The lowest BCUT2D eigenvalue weighted by molar-refractivity contribution is -0.154. The number of aliphatic hydroxyl groups is 1. The van der Waals surface area contributed by atoms with Crippen molar-refractivity contribution in [3.8, 4) is 0 Å². The Hall–Kier alpha value is -2.32. The van der Waals surface area contributed by atoms with Gasteiger partial charge in [0, 0.05) is 18.3 Å². The minimum Gasteiger partial charge on any atom is -0.466 e. The van der Waals surface area contributed by atoms with Gasteiger partial charge in [-0.1, -0.05) is 49.8 Å². The van der Waals surface area contributed by atoms with Gasteiger partial charge < -0.3 is 19.6 Å². The summed E-state index contributed by atoms with van der Waals surface area (Å²) in [4.78, 5) is 44.8. The molecule has 1 N–H and O–H groups in total. The SMILES string of the molecule is C=CCN(CCCC)C(=O)C1N([C@H](CO)c2ccccc2)C(=O)[C@@H]2[C@H](C(=O)OCC)[C@@H]3CCC12S3. The number of nitrogens with zero attached hydrogens (tertiary/aromatic N) is 2. The van der Waals surface area contributed by atoms with Crippen LogP contribution in [-0.4, -0.2) is 75.0 Å². The highest BCUT2D eigenvalue weighted by molar-refractivity contribution is 8.02. The van der Waals surface area contributed by atoms with E-state index in [4.69, 9.17) is 4.74 Å². The topological polar surface area (TPSA) is 87.2 Å². The fourth-order valence-electron chi connectivity index (χ4n) is 6.21. The molecule has 3 saturated heterocycles. The van der Waals surface area contributed by atoms with Crippen LogP contribution in [0.4, 0.5) is 0 Å². The summed E-state index contributed by atoms with van der Waals surface area (Å²) in [5, 5.41) is 10.5. The lowest BCUT2D eigenvalue weighted by Gasteiger charge is -2.39. The van der Waals surface area contributed by atoms with Crippen molar-refractivity contribution in [3.05, 3.63) is 48.6 Å². The first-order chi connectivity index (χ1) is 16.9. The molecule has 0 radical (unpaired) electrons. The Bertz CT molecular complexity index is 956. The molecule has 0 saturated carbocycles. The molecule has 2 bridgehead atoms. The number of thioether (sulfide) groups is 1. The van der Waals surface area contributed by atoms with Crippen LogP contribution in [0, 0.1) is 11.8 Å². The van der Waals surface area contributed by atoms with Gasteiger partial charge in [-0.3, -0.25) is 14.4 Å². The fourth-order valence-corrected chi connectivity index (χ4v) is 8.40. The number of hydrogen-bond acceptors (Lipinski definition) is 6. The molecule has 1 spiro atoms. The summed E-state index contributed by atoms with van der Waals surface area (Å²) in [5.74, 6) is -1.91. The van der Waals surface area contributed by atoms with Crippen LogP contribution >= 0.6 is 11.8 Å². The molecule has 0 aliphatic carbocycles. The Morgan fingerprint density at radius 3 is 2.71 bits per heavy atom. The highest BCUT2D eigenvalue weighted by Crippen LogP contribution is 2.67. The zero-order valence-corrected chi connectivity index (χ0v) is 21.4. The molecule has 1 aromatic rings. The number of esters is 1. The number of carbonyl (C=O) groups is 3. The van der Waals surface area contributed by atoms with E-state index in [0.29, 0.717) is 19.5 Å². The van der Waals surface area contributed by atoms with Crippen molar-refractivity contribution in [1.29, 1.82) is 0 Å². The van der Waals surface area contributed by atoms with Gasteiger partial charge in [-0.25, -0.2) is 0 Å². The Labute approximate surface area is 211 Å². The van der Waals surface area contributed by atoms with Gasteiger partial charge in [-0.05, 0) is 31.7 Å². The number of carbonyl (C=O) groups excluding carboxylic acids is 3. The summed E-state index contributed by atoms with van der Waals surface area (Å²) in [6, 6.07) is 7.91. The van der Waals surface area contributed by atoms with Crippen LogP contribution in [0.1, 0.15) is 51.1 Å². The standard InChI is InChI=1S/C27H36N2O5S/c1-4-7-16-28(15-5-2)25(32)23-27-14-13-20(35-27)21(26(33)34-6-3)22(27)24(31)29(23)19(17-30)18-11-9-8-10-12-18/h5,8-12,19-23,30H,2,4,6-7,13-17H2,1,3H3/t19-,20+,21-,22+,23?,27?/m1/s1. The molecule has 3 aliphatic rings. The van der Waals surface area contributed by atoms with E-state index in [0.717, 1.165) is 24.8 Å². The van der Waals surface area contributed by atoms with Crippen LogP contribution < -0.4 is 0 Å². The lowest BCUT2D eigenvalue weighted by atomic mass is 9.71. The van der Waals surface area contributed by atoms with Crippen molar-refractivity contribution < 1.29 is 24.2 Å². The molecule has 3 aliphatic heterocycles. The number of hydrogen-bond donors (Lipinski definition) is 1. The van der Waals surface area contributed by atoms with E-state index in [1.165, 1.54) is 0 Å². The summed E-state index contributed by atoms with van der Waals surface area (Å²) in [6.07, 6.45) is 4.95. The van der Waals surface area contributed by atoms with E-state index in [9.17, 15) is 19.5 Å². The molecule has 2 amide bonds. The maximum absolute atomic E-state index is 14.2. The second-order valence-corrected chi connectivity index (χ2v) is 11.2. The van der Waals surface area contributed by atoms with Gasteiger partial charge in [0.05, 0.1) is 35.8 Å². The quantitative estimate of drug-likeness (QED) is 0.371. The zero-order valence-electron chi connectivity index (χ0n) is 20.6. The molecule has 0 aromatic heterocycles. The average molecular weight is 501 g/mol. The number of benzene rings is 1. The van der Waals surface area contributed by atoms with Crippen molar-refractivity contribution in [2.75, 3.05) is 26.3 Å². The Kier molecular flexibility index (Phi) is 7.91. The van der Waals surface area contributed by atoms with E-state index in [-0.39, 0.29) is 36.2 Å².